The summed E-state index contributed by atoms with van der Waals surface area (Å²) in [6.07, 6.45) is 0. The molecule has 0 radical (unpaired) electrons. The third kappa shape index (κ3) is 4.87. The smallest absolute Gasteiger partial charge is 0.329 e. The highest BCUT2D eigenvalue weighted by Gasteiger charge is 2.42. The minimum Gasteiger partial charge on any atom is -0.455 e. The van der Waals surface area contributed by atoms with Crippen LogP contribution in [-0.4, -0.2) is 6.85 Å². The molecule has 0 unspecified atom stereocenters. The Labute approximate surface area is 373 Å². The van der Waals surface area contributed by atoms with Gasteiger partial charge in [0.25, 0.3) is 0 Å². The average Bonchev–Trinajstić information content (AvgIpc) is 4.07. The van der Waals surface area contributed by atoms with Gasteiger partial charge in [0.15, 0.2) is 0 Å². The van der Waals surface area contributed by atoms with E-state index >= 15 is 0 Å². The van der Waals surface area contributed by atoms with Gasteiger partial charge in [-0.15, -0.1) is 0 Å². The molecular weight excluding hydrogens is 793 g/mol. The molecule has 2 aliphatic rings. The molecule has 0 atom stereocenters. The van der Waals surface area contributed by atoms with Gasteiger partial charge < -0.3 is 18.1 Å². The number of hydrogen-bond acceptors (Lipinski definition) is 4. The van der Waals surface area contributed by atoms with Gasteiger partial charge in [0.1, 0.15) is 33.5 Å². The van der Waals surface area contributed by atoms with Gasteiger partial charge in [-0.3, -0.25) is 0 Å². The molecule has 2 aliphatic heterocycles. The fourth-order valence-corrected chi connectivity index (χ4v) is 11.2. The summed E-state index contributed by atoms with van der Waals surface area (Å²) < 4.78 is 19.8. The summed E-state index contributed by atoms with van der Waals surface area (Å²) in [7, 11) is 0. The third-order valence-corrected chi connectivity index (χ3v) is 14.1. The van der Waals surface area contributed by atoms with Crippen molar-refractivity contribution < 1.29 is 13.3 Å². The summed E-state index contributed by atoms with van der Waals surface area (Å²) in [6, 6.07) is 74.4. The maximum Gasteiger partial charge on any atom is 0.329 e. The second-order valence-corrected chi connectivity index (χ2v) is 17.5. The maximum atomic E-state index is 6.63. The van der Waals surface area contributed by atoms with Gasteiger partial charge in [0, 0.05) is 71.5 Å². The van der Waals surface area contributed by atoms with E-state index in [0.29, 0.717) is 0 Å². The summed E-state index contributed by atoms with van der Waals surface area (Å²) in [5.41, 5.74) is 21.7. The first-order valence-electron chi connectivity index (χ1n) is 22.3. The van der Waals surface area contributed by atoms with Crippen LogP contribution in [0.3, 0.4) is 0 Å². The lowest BCUT2D eigenvalue weighted by molar-refractivity contribution is 0.669. The van der Waals surface area contributed by atoms with Gasteiger partial charge in [0.2, 0.25) is 0 Å². The Morgan fingerprint density at radius 2 is 0.646 bits per heavy atom. The van der Waals surface area contributed by atoms with Crippen LogP contribution in [0.4, 0.5) is 11.4 Å². The fraction of sp³-hybridized carbons (Fsp3) is 0. The molecule has 15 rings (SSSR count). The Morgan fingerprint density at radius 1 is 0.277 bits per heavy atom. The maximum absolute atomic E-state index is 6.63. The van der Waals surface area contributed by atoms with E-state index < -0.39 is 0 Å². The van der Waals surface area contributed by atoms with Gasteiger partial charge in [0.05, 0.1) is 0 Å². The topological polar surface area (TPSA) is 42.7 Å². The molecule has 3 aromatic heterocycles. The third-order valence-electron chi connectivity index (χ3n) is 14.1. The minimum absolute atomic E-state index is 0.0841. The molecule has 4 nitrogen and oxygen atoms in total. The standard InChI is InChI=1S/C60H34BNO3/c1-5-22-53-41(12-1)48-32-35(38-16-9-19-45-42-13-2-6-23-55(42)63-58(38)45)26-29-51(48)61-52-30-27-36(39-17-10-20-46-43-14-3-7-24-56(43)64-59(39)46)33-49(52)50-34-37(28-31-54(50)62(53)61)40-18-11-21-47-44-15-4-8-25-57(44)65-60(40)47/h1-34H. The van der Waals surface area contributed by atoms with Gasteiger partial charge >= 0.3 is 6.85 Å². The molecule has 0 bridgehead atoms. The van der Waals surface area contributed by atoms with Crippen LogP contribution >= 0.6 is 0 Å². The number of benzene rings is 10. The molecule has 0 spiro atoms. The van der Waals surface area contributed by atoms with Crippen molar-refractivity contribution in [2.45, 2.75) is 0 Å². The molecule has 0 saturated heterocycles. The SMILES string of the molecule is c1ccc2c(c1)-c1cc(-c3cccc4c3oc3ccccc34)ccc1B1c3ccc(-c4cccc5c4oc4ccccc45)cc3-c3cc(-c4cccc5c4oc4ccccc45)ccc3N12. The van der Waals surface area contributed by atoms with E-state index in [1.165, 1.54) is 38.9 Å². The van der Waals surface area contributed by atoms with Crippen molar-refractivity contribution in [1.29, 1.82) is 0 Å². The Morgan fingerprint density at radius 3 is 1.15 bits per heavy atom. The van der Waals surface area contributed by atoms with Crippen molar-refractivity contribution in [3.63, 3.8) is 0 Å². The first-order chi connectivity index (χ1) is 32.2. The summed E-state index contributed by atoms with van der Waals surface area (Å²) in [4.78, 5) is 2.57. The molecule has 5 heterocycles. The van der Waals surface area contributed by atoms with Crippen molar-refractivity contribution in [3.05, 3.63) is 206 Å². The molecule has 0 aliphatic carbocycles. The molecule has 0 N–H and O–H groups in total. The van der Waals surface area contributed by atoms with Gasteiger partial charge in [-0.05, 0) is 87.3 Å². The highest BCUT2D eigenvalue weighted by atomic mass is 16.3. The number of fused-ring (bicyclic) bond motifs is 20. The minimum atomic E-state index is -0.0841. The molecule has 0 saturated carbocycles. The zero-order valence-corrected chi connectivity index (χ0v) is 34.9. The second kappa shape index (κ2) is 13.0. The van der Waals surface area contributed by atoms with Crippen LogP contribution in [0.1, 0.15) is 0 Å². The van der Waals surface area contributed by atoms with E-state index in [1.807, 2.05) is 18.2 Å². The molecular formula is C60H34BNO3. The number of rotatable bonds is 3. The lowest BCUT2D eigenvalue weighted by atomic mass is 9.43. The van der Waals surface area contributed by atoms with Crippen LogP contribution in [0.15, 0.2) is 220 Å². The fourth-order valence-electron chi connectivity index (χ4n) is 11.2. The number of para-hydroxylation sites is 7. The molecule has 300 valence electrons. The van der Waals surface area contributed by atoms with E-state index in [9.17, 15) is 0 Å². The van der Waals surface area contributed by atoms with Crippen molar-refractivity contribution in [2.24, 2.45) is 0 Å². The van der Waals surface area contributed by atoms with Crippen molar-refractivity contribution in [2.75, 3.05) is 4.81 Å². The molecule has 5 heteroatoms. The van der Waals surface area contributed by atoms with E-state index in [1.54, 1.807) is 0 Å². The molecule has 10 aromatic carbocycles. The normalized spacial score (nSPS) is 12.9. The number of nitrogens with zero attached hydrogens (tertiary/aromatic N) is 1. The van der Waals surface area contributed by atoms with Crippen LogP contribution in [-0.2, 0) is 0 Å². The predicted octanol–water partition coefficient (Wildman–Crippen LogP) is 15.3. The van der Waals surface area contributed by atoms with Gasteiger partial charge in [-0.25, -0.2) is 0 Å². The zero-order chi connectivity index (χ0) is 42.3. The summed E-state index contributed by atoms with van der Waals surface area (Å²) >= 11 is 0. The van der Waals surface area contributed by atoms with Gasteiger partial charge in [-0.2, -0.15) is 0 Å². The van der Waals surface area contributed by atoms with E-state index in [2.05, 4.69) is 193 Å². The van der Waals surface area contributed by atoms with Crippen LogP contribution < -0.4 is 15.7 Å². The predicted molar refractivity (Wildman–Crippen MR) is 269 cm³/mol. The molecule has 65 heavy (non-hydrogen) atoms. The van der Waals surface area contributed by atoms with Crippen LogP contribution in [0.2, 0.25) is 0 Å². The Kier molecular flexibility index (Phi) is 7.00. The highest BCUT2D eigenvalue weighted by Crippen LogP contribution is 2.49. The zero-order valence-electron chi connectivity index (χ0n) is 34.9. The van der Waals surface area contributed by atoms with Crippen LogP contribution in [0, 0.1) is 0 Å². The highest BCUT2D eigenvalue weighted by molar-refractivity contribution is 6.92. The van der Waals surface area contributed by atoms with Crippen molar-refractivity contribution in [1.82, 2.24) is 0 Å². The quantitative estimate of drug-likeness (QED) is 0.166. The van der Waals surface area contributed by atoms with Crippen LogP contribution in [0.5, 0.6) is 0 Å². The number of hydrogen-bond donors (Lipinski definition) is 0. The van der Waals surface area contributed by atoms with Crippen molar-refractivity contribution >= 4 is 95.0 Å². The summed E-state index contributed by atoms with van der Waals surface area (Å²) in [5.74, 6) is 0. The largest absolute Gasteiger partial charge is 0.455 e. The molecule has 0 amide bonds. The summed E-state index contributed by atoms with van der Waals surface area (Å²) in [5, 5.41) is 6.76. The average molecular weight is 828 g/mol. The Hall–Kier alpha value is -8.54. The van der Waals surface area contributed by atoms with Crippen molar-refractivity contribution in [3.8, 4) is 55.6 Å². The number of anilines is 2. The number of furan rings is 3. The molecule has 13 aromatic rings. The van der Waals surface area contributed by atoms with E-state index in [-0.39, 0.29) is 6.85 Å². The van der Waals surface area contributed by atoms with E-state index in [0.717, 1.165) is 105 Å². The monoisotopic (exact) mass is 827 g/mol. The first kappa shape index (κ1) is 35.0. The lowest BCUT2D eigenvalue weighted by Gasteiger charge is -2.43. The van der Waals surface area contributed by atoms with Crippen LogP contribution in [0.25, 0.3) is 121 Å². The Bertz CT molecular complexity index is 4170. The lowest BCUT2D eigenvalue weighted by Crippen LogP contribution is -2.59. The van der Waals surface area contributed by atoms with E-state index in [4.69, 9.17) is 13.3 Å². The first-order valence-corrected chi connectivity index (χ1v) is 22.3. The Balaban J connectivity index is 0.968. The molecule has 0 fully saturated rings. The van der Waals surface area contributed by atoms with Gasteiger partial charge in [-0.1, -0.05) is 158 Å². The summed E-state index contributed by atoms with van der Waals surface area (Å²) in [6.45, 7) is -0.0841. The second-order valence-electron chi connectivity index (χ2n) is 17.5.